The first-order valence-corrected chi connectivity index (χ1v) is 6.28. The first-order chi connectivity index (χ1) is 9.56. The number of methoxy groups -OCH3 is 1. The largest absolute Gasteiger partial charge is 0.497 e. The second kappa shape index (κ2) is 6.38. The van der Waals surface area contributed by atoms with Gasteiger partial charge in [-0.15, -0.1) is 0 Å². The van der Waals surface area contributed by atoms with Gasteiger partial charge in [0.05, 0.1) is 13.7 Å². The van der Waals surface area contributed by atoms with Crippen molar-refractivity contribution in [3.8, 4) is 5.75 Å². The van der Waals surface area contributed by atoms with Crippen LogP contribution in [0.15, 0.2) is 24.3 Å². The SMILES string of the molecule is COc1cccc(N[C@@H]2O[C@H](CO)[C@H](O)[C@@H](O)[C@H]2O)c1. The number of aliphatic hydroxyl groups excluding tert-OH is 4. The lowest BCUT2D eigenvalue weighted by Crippen LogP contribution is -2.60. The molecule has 1 aromatic carbocycles. The van der Waals surface area contributed by atoms with Gasteiger partial charge >= 0.3 is 0 Å². The standard InChI is InChI=1S/C13H19NO6/c1-19-8-4-2-3-7(5-8)14-13-12(18)11(17)10(16)9(6-15)20-13/h2-5,9-18H,6H2,1H3/t9-,10+,11-,12-,13-/m1/s1. The molecule has 1 aliphatic heterocycles. The quantitative estimate of drug-likeness (QED) is 0.478. The Bertz CT molecular complexity index is 441. The fourth-order valence-corrected chi connectivity index (χ4v) is 2.10. The van der Waals surface area contributed by atoms with E-state index in [9.17, 15) is 15.3 Å². The second-order valence-corrected chi connectivity index (χ2v) is 4.63. The molecule has 0 amide bonds. The third kappa shape index (κ3) is 3.02. The van der Waals surface area contributed by atoms with Crippen LogP contribution in [0.1, 0.15) is 0 Å². The van der Waals surface area contributed by atoms with Crippen LogP contribution in [0.5, 0.6) is 5.75 Å². The van der Waals surface area contributed by atoms with E-state index >= 15 is 0 Å². The van der Waals surface area contributed by atoms with Crippen molar-refractivity contribution in [2.45, 2.75) is 30.6 Å². The summed E-state index contributed by atoms with van der Waals surface area (Å²) in [4.78, 5) is 0. The molecule has 0 bridgehead atoms. The Balaban J connectivity index is 2.10. The first-order valence-electron chi connectivity index (χ1n) is 6.28. The maximum Gasteiger partial charge on any atom is 0.157 e. The minimum absolute atomic E-state index is 0.457. The maximum atomic E-state index is 9.90. The zero-order chi connectivity index (χ0) is 14.7. The molecule has 1 aliphatic rings. The van der Waals surface area contributed by atoms with E-state index in [2.05, 4.69) is 5.32 Å². The van der Waals surface area contributed by atoms with Gasteiger partial charge in [0.15, 0.2) is 6.23 Å². The van der Waals surface area contributed by atoms with Crippen LogP contribution < -0.4 is 10.1 Å². The lowest BCUT2D eigenvalue weighted by molar-refractivity contribution is -0.221. The van der Waals surface area contributed by atoms with Gasteiger partial charge in [0.25, 0.3) is 0 Å². The van der Waals surface area contributed by atoms with Crippen molar-refractivity contribution in [3.63, 3.8) is 0 Å². The van der Waals surface area contributed by atoms with Gasteiger partial charge in [-0.3, -0.25) is 0 Å². The van der Waals surface area contributed by atoms with Crippen molar-refractivity contribution in [3.05, 3.63) is 24.3 Å². The summed E-state index contributed by atoms with van der Waals surface area (Å²) in [5.74, 6) is 0.625. The molecule has 112 valence electrons. The first kappa shape index (κ1) is 15.0. The summed E-state index contributed by atoms with van der Waals surface area (Å²) in [7, 11) is 1.53. The molecular weight excluding hydrogens is 266 g/mol. The summed E-state index contributed by atoms with van der Waals surface area (Å²) >= 11 is 0. The lowest BCUT2D eigenvalue weighted by atomic mass is 9.98. The number of hydrogen-bond donors (Lipinski definition) is 5. The Morgan fingerprint density at radius 2 is 1.95 bits per heavy atom. The summed E-state index contributed by atoms with van der Waals surface area (Å²) < 4.78 is 10.4. The summed E-state index contributed by atoms with van der Waals surface area (Å²) in [5, 5.41) is 41.3. The Morgan fingerprint density at radius 3 is 2.60 bits per heavy atom. The highest BCUT2D eigenvalue weighted by molar-refractivity contribution is 5.48. The average Bonchev–Trinajstić information content (AvgIpc) is 2.48. The number of nitrogens with one attached hydrogen (secondary N) is 1. The molecule has 0 spiro atoms. The molecule has 5 atom stereocenters. The molecule has 1 fully saturated rings. The predicted octanol–water partition coefficient (Wildman–Crippen LogP) is -1.09. The van der Waals surface area contributed by atoms with Crippen LogP contribution in [0.2, 0.25) is 0 Å². The van der Waals surface area contributed by atoms with Gasteiger partial charge in [0, 0.05) is 11.8 Å². The molecule has 7 nitrogen and oxygen atoms in total. The molecule has 0 unspecified atom stereocenters. The number of rotatable bonds is 4. The predicted molar refractivity (Wildman–Crippen MR) is 70.4 cm³/mol. The number of hydrogen-bond acceptors (Lipinski definition) is 7. The topological polar surface area (TPSA) is 111 Å². The van der Waals surface area contributed by atoms with Crippen molar-refractivity contribution in [2.24, 2.45) is 0 Å². The van der Waals surface area contributed by atoms with Crippen LogP contribution in [-0.2, 0) is 4.74 Å². The van der Waals surface area contributed by atoms with Crippen molar-refractivity contribution < 1.29 is 29.9 Å². The van der Waals surface area contributed by atoms with Gasteiger partial charge in [0.1, 0.15) is 30.2 Å². The highest BCUT2D eigenvalue weighted by atomic mass is 16.6. The maximum absolute atomic E-state index is 9.90. The van der Waals surface area contributed by atoms with Gasteiger partial charge < -0.3 is 35.2 Å². The van der Waals surface area contributed by atoms with Crippen LogP contribution in [0.4, 0.5) is 5.69 Å². The molecular formula is C13H19NO6. The Hall–Kier alpha value is -1.38. The van der Waals surface area contributed by atoms with Crippen LogP contribution in [0, 0.1) is 0 Å². The average molecular weight is 285 g/mol. The number of aliphatic hydroxyl groups is 4. The minimum Gasteiger partial charge on any atom is -0.497 e. The number of anilines is 1. The van der Waals surface area contributed by atoms with Gasteiger partial charge in [-0.1, -0.05) is 6.07 Å². The van der Waals surface area contributed by atoms with Crippen molar-refractivity contribution in [1.82, 2.24) is 0 Å². The Morgan fingerprint density at radius 1 is 1.20 bits per heavy atom. The molecule has 1 heterocycles. The Labute approximate surface area is 116 Å². The Kier molecular flexibility index (Phi) is 4.79. The molecule has 0 radical (unpaired) electrons. The third-order valence-electron chi connectivity index (χ3n) is 3.27. The third-order valence-corrected chi connectivity index (χ3v) is 3.27. The van der Waals surface area contributed by atoms with E-state index in [1.54, 1.807) is 24.3 Å². The van der Waals surface area contributed by atoms with Crippen LogP contribution in [0.25, 0.3) is 0 Å². The summed E-state index contributed by atoms with van der Waals surface area (Å²) in [5.41, 5.74) is 0.619. The van der Waals surface area contributed by atoms with E-state index in [0.717, 1.165) is 0 Å². The zero-order valence-corrected chi connectivity index (χ0v) is 11.0. The highest BCUT2D eigenvalue weighted by Gasteiger charge is 2.43. The zero-order valence-electron chi connectivity index (χ0n) is 11.0. The molecule has 1 saturated heterocycles. The van der Waals surface area contributed by atoms with Crippen LogP contribution in [-0.4, -0.2) is 64.8 Å². The van der Waals surface area contributed by atoms with Gasteiger partial charge in [-0.25, -0.2) is 0 Å². The monoisotopic (exact) mass is 285 g/mol. The van der Waals surface area contributed by atoms with E-state index in [1.165, 1.54) is 7.11 Å². The molecule has 0 aliphatic carbocycles. The van der Waals surface area contributed by atoms with E-state index in [1.807, 2.05) is 0 Å². The van der Waals surface area contributed by atoms with Gasteiger partial charge in [-0.2, -0.15) is 0 Å². The van der Waals surface area contributed by atoms with Crippen LogP contribution in [0.3, 0.4) is 0 Å². The molecule has 5 N–H and O–H groups in total. The smallest absolute Gasteiger partial charge is 0.157 e. The second-order valence-electron chi connectivity index (χ2n) is 4.63. The molecule has 0 aromatic heterocycles. The minimum atomic E-state index is -1.40. The highest BCUT2D eigenvalue weighted by Crippen LogP contribution is 2.24. The normalized spacial score (nSPS) is 33.8. The number of ether oxygens (including phenoxy) is 2. The fourth-order valence-electron chi connectivity index (χ4n) is 2.10. The van der Waals surface area contributed by atoms with Gasteiger partial charge in [-0.05, 0) is 12.1 Å². The van der Waals surface area contributed by atoms with Crippen LogP contribution >= 0.6 is 0 Å². The van der Waals surface area contributed by atoms with Crippen molar-refractivity contribution in [1.29, 1.82) is 0 Å². The summed E-state index contributed by atoms with van der Waals surface area (Å²) in [6.07, 6.45) is -5.96. The van der Waals surface area contributed by atoms with Crippen molar-refractivity contribution in [2.75, 3.05) is 19.0 Å². The molecule has 7 heteroatoms. The van der Waals surface area contributed by atoms with Gasteiger partial charge in [0.2, 0.25) is 0 Å². The van der Waals surface area contributed by atoms with E-state index < -0.39 is 37.3 Å². The molecule has 1 aromatic rings. The molecule has 2 rings (SSSR count). The fraction of sp³-hybridized carbons (Fsp3) is 0.538. The summed E-state index contributed by atoms with van der Waals surface area (Å²) in [6.45, 7) is -0.457. The molecule has 0 saturated carbocycles. The van der Waals surface area contributed by atoms with E-state index in [0.29, 0.717) is 11.4 Å². The van der Waals surface area contributed by atoms with E-state index in [-0.39, 0.29) is 0 Å². The lowest BCUT2D eigenvalue weighted by Gasteiger charge is -2.40. The number of benzene rings is 1. The summed E-state index contributed by atoms with van der Waals surface area (Å²) in [6, 6.07) is 6.95. The van der Waals surface area contributed by atoms with Crippen molar-refractivity contribution >= 4 is 5.69 Å². The van der Waals surface area contributed by atoms with E-state index in [4.69, 9.17) is 14.6 Å². The molecule has 20 heavy (non-hydrogen) atoms.